The molecule has 0 aliphatic rings. The molecular weight excluding hydrogens is 295 g/mol. The first-order valence-corrected chi connectivity index (χ1v) is 6.41. The molecule has 1 N–H and O–H groups in total. The van der Waals surface area contributed by atoms with E-state index < -0.39 is 17.6 Å². The lowest BCUT2D eigenvalue weighted by molar-refractivity contribution is -0.137. The molecule has 6 heteroatoms. The molecule has 0 radical (unpaired) electrons. The molecule has 1 aromatic heterocycles. The molecule has 0 fully saturated rings. The molecule has 0 aliphatic heterocycles. The van der Waals surface area contributed by atoms with E-state index in [4.69, 9.17) is 4.42 Å². The van der Waals surface area contributed by atoms with E-state index in [0.29, 0.717) is 5.69 Å². The zero-order chi connectivity index (χ0) is 15.7. The van der Waals surface area contributed by atoms with Gasteiger partial charge in [-0.15, -0.1) is 0 Å². The molecule has 0 aliphatic carbocycles. The molecule has 1 heterocycles. The van der Waals surface area contributed by atoms with Crippen molar-refractivity contribution in [3.05, 3.63) is 65.9 Å². The zero-order valence-corrected chi connectivity index (χ0v) is 11.1. The van der Waals surface area contributed by atoms with Gasteiger partial charge in [0.05, 0.1) is 5.56 Å². The minimum atomic E-state index is -4.43. The van der Waals surface area contributed by atoms with Gasteiger partial charge in [0.15, 0.2) is 5.76 Å². The monoisotopic (exact) mass is 305 g/mol. The number of halogens is 3. The molecular formula is C16H10F3NO2. The maximum Gasteiger partial charge on any atom is 0.416 e. The number of hydrogen-bond acceptors (Lipinski definition) is 2. The molecule has 112 valence electrons. The van der Waals surface area contributed by atoms with Crippen molar-refractivity contribution in [2.75, 3.05) is 5.32 Å². The fraction of sp³-hybridized carbons (Fsp3) is 0.0625. The van der Waals surface area contributed by atoms with Gasteiger partial charge in [0.2, 0.25) is 0 Å². The van der Waals surface area contributed by atoms with Gasteiger partial charge in [-0.1, -0.05) is 18.2 Å². The Balaban J connectivity index is 1.90. The molecule has 0 unspecified atom stereocenters. The van der Waals surface area contributed by atoms with E-state index in [1.54, 1.807) is 30.3 Å². The number of fused-ring (bicyclic) bond motifs is 1. The van der Waals surface area contributed by atoms with Gasteiger partial charge >= 0.3 is 6.18 Å². The SMILES string of the molecule is O=C(Nc1ccccc1)c1cc2cc(C(F)(F)F)ccc2o1. The van der Waals surface area contributed by atoms with E-state index in [2.05, 4.69) is 5.32 Å². The van der Waals surface area contributed by atoms with Crippen LogP contribution in [0.5, 0.6) is 0 Å². The van der Waals surface area contributed by atoms with Crippen molar-refractivity contribution >= 4 is 22.6 Å². The van der Waals surface area contributed by atoms with Gasteiger partial charge in [0.1, 0.15) is 5.58 Å². The van der Waals surface area contributed by atoms with Gasteiger partial charge in [-0.05, 0) is 36.4 Å². The van der Waals surface area contributed by atoms with Crippen LogP contribution in [-0.2, 0) is 6.18 Å². The Morgan fingerprint density at radius 3 is 2.41 bits per heavy atom. The van der Waals surface area contributed by atoms with Gasteiger partial charge in [-0.25, -0.2) is 0 Å². The van der Waals surface area contributed by atoms with Gasteiger partial charge in [-0.2, -0.15) is 13.2 Å². The van der Waals surface area contributed by atoms with Crippen LogP contribution < -0.4 is 5.32 Å². The number of amides is 1. The number of hydrogen-bond donors (Lipinski definition) is 1. The van der Waals surface area contributed by atoms with Crippen LogP contribution >= 0.6 is 0 Å². The fourth-order valence-electron chi connectivity index (χ4n) is 2.05. The maximum absolute atomic E-state index is 12.7. The minimum Gasteiger partial charge on any atom is -0.451 e. The summed E-state index contributed by atoms with van der Waals surface area (Å²) in [5, 5.41) is 2.84. The molecule has 0 saturated heterocycles. The third-order valence-corrected chi connectivity index (χ3v) is 3.10. The summed E-state index contributed by atoms with van der Waals surface area (Å²) in [5.41, 5.74) is 0.0194. The summed E-state index contributed by atoms with van der Waals surface area (Å²) >= 11 is 0. The Morgan fingerprint density at radius 2 is 1.73 bits per heavy atom. The molecule has 0 atom stereocenters. The summed E-state index contributed by atoms with van der Waals surface area (Å²) in [5.74, 6) is -0.561. The third kappa shape index (κ3) is 2.81. The second-order valence-electron chi connectivity index (χ2n) is 4.68. The highest BCUT2D eigenvalue weighted by molar-refractivity contribution is 6.04. The third-order valence-electron chi connectivity index (χ3n) is 3.10. The largest absolute Gasteiger partial charge is 0.451 e. The van der Waals surface area contributed by atoms with Gasteiger partial charge in [-0.3, -0.25) is 4.79 Å². The Hall–Kier alpha value is -2.76. The van der Waals surface area contributed by atoms with E-state index in [9.17, 15) is 18.0 Å². The highest BCUT2D eigenvalue weighted by Gasteiger charge is 2.30. The van der Waals surface area contributed by atoms with Crippen molar-refractivity contribution in [3.63, 3.8) is 0 Å². The lowest BCUT2D eigenvalue weighted by Gasteiger charge is -2.04. The number of alkyl halides is 3. The average molecular weight is 305 g/mol. The highest BCUT2D eigenvalue weighted by atomic mass is 19.4. The van der Waals surface area contributed by atoms with Gasteiger partial charge < -0.3 is 9.73 Å². The van der Waals surface area contributed by atoms with Crippen molar-refractivity contribution in [1.82, 2.24) is 0 Å². The number of rotatable bonds is 2. The summed E-state index contributed by atoms with van der Waals surface area (Å²) in [6, 6.07) is 13.1. The van der Waals surface area contributed by atoms with Crippen LogP contribution in [0, 0.1) is 0 Å². The van der Waals surface area contributed by atoms with Crippen molar-refractivity contribution in [2.45, 2.75) is 6.18 Å². The summed E-state index contributed by atoms with van der Waals surface area (Å²) in [7, 11) is 0. The molecule has 3 nitrogen and oxygen atoms in total. The summed E-state index contributed by atoms with van der Waals surface area (Å²) < 4.78 is 43.3. The number of benzene rings is 2. The van der Waals surface area contributed by atoms with Crippen LogP contribution in [0.15, 0.2) is 59.0 Å². The number of furan rings is 1. The molecule has 3 rings (SSSR count). The predicted octanol–water partition coefficient (Wildman–Crippen LogP) is 4.70. The zero-order valence-electron chi connectivity index (χ0n) is 11.1. The Morgan fingerprint density at radius 1 is 1.00 bits per heavy atom. The summed E-state index contributed by atoms with van der Waals surface area (Å²) in [4.78, 5) is 12.0. The second-order valence-corrected chi connectivity index (χ2v) is 4.68. The average Bonchev–Trinajstić information content (AvgIpc) is 2.90. The fourth-order valence-corrected chi connectivity index (χ4v) is 2.05. The van der Waals surface area contributed by atoms with E-state index in [-0.39, 0.29) is 16.7 Å². The topological polar surface area (TPSA) is 42.2 Å². The molecule has 0 spiro atoms. The van der Waals surface area contributed by atoms with Crippen LogP contribution in [0.2, 0.25) is 0 Å². The van der Waals surface area contributed by atoms with E-state index >= 15 is 0 Å². The quantitative estimate of drug-likeness (QED) is 0.745. The van der Waals surface area contributed by atoms with Gasteiger partial charge in [0.25, 0.3) is 5.91 Å². The molecule has 0 saturated carbocycles. The van der Waals surface area contributed by atoms with Crippen molar-refractivity contribution in [3.8, 4) is 0 Å². The standard InChI is InChI=1S/C16H10F3NO2/c17-16(18,19)11-6-7-13-10(8-11)9-14(22-13)15(21)20-12-4-2-1-3-5-12/h1-9H,(H,20,21). The molecule has 22 heavy (non-hydrogen) atoms. The number of anilines is 1. The first-order valence-electron chi connectivity index (χ1n) is 6.41. The van der Waals surface area contributed by atoms with E-state index in [1.807, 2.05) is 0 Å². The maximum atomic E-state index is 12.7. The Kier molecular flexibility index (Phi) is 3.36. The first kappa shape index (κ1) is 14.2. The van der Waals surface area contributed by atoms with Crippen LogP contribution in [0.4, 0.5) is 18.9 Å². The minimum absolute atomic E-state index is 0.0434. The number of para-hydroxylation sites is 1. The van der Waals surface area contributed by atoms with Crippen molar-refractivity contribution in [1.29, 1.82) is 0 Å². The summed E-state index contributed by atoms with van der Waals surface area (Å²) in [6.07, 6.45) is -4.43. The molecule has 2 aromatic carbocycles. The Bertz CT molecular complexity index is 822. The van der Waals surface area contributed by atoms with Crippen LogP contribution in [0.25, 0.3) is 11.0 Å². The highest BCUT2D eigenvalue weighted by Crippen LogP contribution is 2.32. The van der Waals surface area contributed by atoms with Gasteiger partial charge in [0, 0.05) is 11.1 Å². The summed E-state index contributed by atoms with van der Waals surface area (Å²) in [6.45, 7) is 0. The van der Waals surface area contributed by atoms with Crippen LogP contribution in [0.3, 0.4) is 0 Å². The van der Waals surface area contributed by atoms with E-state index in [0.717, 1.165) is 12.1 Å². The number of carbonyl (C=O) groups excluding carboxylic acids is 1. The number of carbonyl (C=O) groups is 1. The molecule has 3 aromatic rings. The Labute approximate surface area is 123 Å². The van der Waals surface area contributed by atoms with Crippen LogP contribution in [0.1, 0.15) is 16.1 Å². The number of nitrogens with one attached hydrogen (secondary N) is 1. The van der Waals surface area contributed by atoms with E-state index in [1.165, 1.54) is 12.1 Å². The lowest BCUT2D eigenvalue weighted by atomic mass is 10.1. The van der Waals surface area contributed by atoms with Crippen molar-refractivity contribution in [2.24, 2.45) is 0 Å². The normalized spacial score (nSPS) is 11.6. The second kappa shape index (κ2) is 5.22. The molecule has 0 bridgehead atoms. The first-order chi connectivity index (χ1) is 10.4. The molecule has 1 amide bonds. The predicted molar refractivity (Wildman–Crippen MR) is 75.6 cm³/mol. The lowest BCUT2D eigenvalue weighted by Crippen LogP contribution is -2.10. The smallest absolute Gasteiger partial charge is 0.416 e. The van der Waals surface area contributed by atoms with Crippen LogP contribution in [-0.4, -0.2) is 5.91 Å². The van der Waals surface area contributed by atoms with Crippen molar-refractivity contribution < 1.29 is 22.4 Å².